The van der Waals surface area contributed by atoms with E-state index in [9.17, 15) is 4.79 Å². The molecule has 0 bridgehead atoms. The average Bonchev–Trinajstić information content (AvgIpc) is 2.73. The lowest BCUT2D eigenvalue weighted by molar-refractivity contribution is 0.0223. The number of carbonyl (C=O) groups is 1. The first-order valence-electron chi connectivity index (χ1n) is 7.99. The topological polar surface area (TPSA) is 41.6 Å². The van der Waals surface area contributed by atoms with Crippen molar-refractivity contribution in [3.05, 3.63) is 0 Å². The third-order valence-corrected chi connectivity index (χ3v) is 4.50. The molecule has 116 valence electrons. The molecule has 0 spiro atoms. The van der Waals surface area contributed by atoms with Crippen LogP contribution in [-0.4, -0.2) is 42.3 Å². The van der Waals surface area contributed by atoms with Gasteiger partial charge in [0.15, 0.2) is 0 Å². The molecule has 20 heavy (non-hydrogen) atoms. The number of ether oxygens (including phenoxy) is 1. The van der Waals surface area contributed by atoms with Gasteiger partial charge in [-0.15, -0.1) is 0 Å². The summed E-state index contributed by atoms with van der Waals surface area (Å²) >= 11 is 0. The van der Waals surface area contributed by atoms with Gasteiger partial charge in [0.2, 0.25) is 0 Å². The molecule has 1 amide bonds. The van der Waals surface area contributed by atoms with E-state index >= 15 is 0 Å². The van der Waals surface area contributed by atoms with Gasteiger partial charge >= 0.3 is 6.09 Å². The maximum atomic E-state index is 12.2. The zero-order valence-electron chi connectivity index (χ0n) is 13.5. The molecule has 1 saturated heterocycles. The van der Waals surface area contributed by atoms with Gasteiger partial charge in [0, 0.05) is 25.7 Å². The molecule has 1 heterocycles. The van der Waals surface area contributed by atoms with Gasteiger partial charge in [-0.3, -0.25) is 0 Å². The van der Waals surface area contributed by atoms with Gasteiger partial charge in [-0.25, -0.2) is 4.79 Å². The summed E-state index contributed by atoms with van der Waals surface area (Å²) in [6.45, 7) is 10.9. The second-order valence-electron chi connectivity index (χ2n) is 7.76. The standard InChI is InChI=1S/C16H30N2O2/c1-15(2,3)20-14(19)18-10-5-7-13(18)11-17-12-16(4)8-6-9-16/h13,17H,5-12H2,1-4H3. The number of rotatable bonds is 4. The monoisotopic (exact) mass is 282 g/mol. The molecule has 1 aliphatic carbocycles. The zero-order chi connectivity index (χ0) is 14.8. The largest absolute Gasteiger partial charge is 0.444 e. The summed E-state index contributed by atoms with van der Waals surface area (Å²) in [5.74, 6) is 0. The van der Waals surface area contributed by atoms with Crippen LogP contribution in [0.4, 0.5) is 4.79 Å². The Balaban J connectivity index is 1.77. The fraction of sp³-hybridized carbons (Fsp3) is 0.938. The highest BCUT2D eigenvalue weighted by Crippen LogP contribution is 2.39. The van der Waals surface area contributed by atoms with Gasteiger partial charge in [0.1, 0.15) is 5.60 Å². The van der Waals surface area contributed by atoms with Crippen molar-refractivity contribution in [1.82, 2.24) is 10.2 Å². The van der Waals surface area contributed by atoms with E-state index in [0.29, 0.717) is 11.5 Å². The molecular formula is C16H30N2O2. The summed E-state index contributed by atoms with van der Waals surface area (Å²) in [7, 11) is 0. The van der Waals surface area contributed by atoms with E-state index in [2.05, 4.69) is 12.2 Å². The van der Waals surface area contributed by atoms with E-state index in [1.807, 2.05) is 25.7 Å². The molecule has 4 nitrogen and oxygen atoms in total. The molecule has 4 heteroatoms. The first kappa shape index (κ1) is 15.6. The molecule has 1 saturated carbocycles. The van der Waals surface area contributed by atoms with E-state index in [1.54, 1.807) is 0 Å². The minimum absolute atomic E-state index is 0.156. The number of likely N-dealkylation sites (tertiary alicyclic amines) is 1. The minimum Gasteiger partial charge on any atom is -0.444 e. The quantitative estimate of drug-likeness (QED) is 0.861. The summed E-state index contributed by atoms with van der Waals surface area (Å²) in [4.78, 5) is 14.1. The summed E-state index contributed by atoms with van der Waals surface area (Å²) in [6, 6.07) is 0.300. The third kappa shape index (κ3) is 4.11. The molecule has 2 rings (SSSR count). The predicted molar refractivity (Wildman–Crippen MR) is 80.8 cm³/mol. The lowest BCUT2D eigenvalue weighted by atomic mass is 9.70. The molecule has 1 N–H and O–H groups in total. The maximum Gasteiger partial charge on any atom is 0.410 e. The van der Waals surface area contributed by atoms with Crippen molar-refractivity contribution in [2.24, 2.45) is 5.41 Å². The number of nitrogens with one attached hydrogen (secondary N) is 1. The summed E-state index contributed by atoms with van der Waals surface area (Å²) < 4.78 is 5.49. The fourth-order valence-electron chi connectivity index (χ4n) is 3.11. The van der Waals surface area contributed by atoms with Gasteiger partial charge in [-0.2, -0.15) is 0 Å². The van der Waals surface area contributed by atoms with E-state index in [-0.39, 0.29) is 6.09 Å². The van der Waals surface area contributed by atoms with Crippen LogP contribution in [0, 0.1) is 5.41 Å². The minimum atomic E-state index is -0.406. The van der Waals surface area contributed by atoms with Gasteiger partial charge in [0.25, 0.3) is 0 Å². The van der Waals surface area contributed by atoms with Crippen molar-refractivity contribution in [3.63, 3.8) is 0 Å². The van der Waals surface area contributed by atoms with Crippen LogP contribution in [0.15, 0.2) is 0 Å². The van der Waals surface area contributed by atoms with Crippen molar-refractivity contribution in [2.75, 3.05) is 19.6 Å². The molecule has 1 unspecified atom stereocenters. The van der Waals surface area contributed by atoms with Crippen LogP contribution in [0.25, 0.3) is 0 Å². The highest BCUT2D eigenvalue weighted by molar-refractivity contribution is 5.69. The van der Waals surface area contributed by atoms with Crippen LogP contribution >= 0.6 is 0 Å². The maximum absolute atomic E-state index is 12.2. The smallest absolute Gasteiger partial charge is 0.410 e. The Morgan fingerprint density at radius 3 is 2.60 bits per heavy atom. The third-order valence-electron chi connectivity index (χ3n) is 4.50. The van der Waals surface area contributed by atoms with Crippen molar-refractivity contribution in [2.45, 2.75) is 71.4 Å². The van der Waals surface area contributed by atoms with Crippen molar-refractivity contribution in [3.8, 4) is 0 Å². The Bertz CT molecular complexity index is 345. The Labute approximate surface area is 123 Å². The first-order chi connectivity index (χ1) is 9.29. The molecule has 2 aliphatic rings. The SMILES string of the molecule is CC1(CNCC2CCCN2C(=O)OC(C)(C)C)CCC1. The number of amides is 1. The van der Waals surface area contributed by atoms with Gasteiger partial charge in [-0.1, -0.05) is 13.3 Å². The predicted octanol–water partition coefficient (Wildman–Crippen LogP) is 3.17. The summed E-state index contributed by atoms with van der Waals surface area (Å²) in [6.07, 6.45) is 6.05. The molecule has 0 aromatic heterocycles. The molecule has 0 aromatic carbocycles. The normalized spacial score (nSPS) is 25.4. The molecule has 2 fully saturated rings. The van der Waals surface area contributed by atoms with E-state index < -0.39 is 5.60 Å². The van der Waals surface area contributed by atoms with Gasteiger partial charge in [-0.05, 0) is 51.9 Å². The Morgan fingerprint density at radius 2 is 2.05 bits per heavy atom. The summed E-state index contributed by atoms with van der Waals surface area (Å²) in [5.41, 5.74) is 0.0897. The molecule has 0 aromatic rings. The molecule has 1 atom stereocenters. The Hall–Kier alpha value is -0.770. The highest BCUT2D eigenvalue weighted by Gasteiger charge is 2.34. The van der Waals surface area contributed by atoms with Gasteiger partial charge < -0.3 is 15.0 Å². The number of hydrogen-bond donors (Lipinski definition) is 1. The zero-order valence-corrected chi connectivity index (χ0v) is 13.5. The fourth-order valence-corrected chi connectivity index (χ4v) is 3.11. The van der Waals surface area contributed by atoms with Crippen LogP contribution in [0.2, 0.25) is 0 Å². The number of nitrogens with zero attached hydrogens (tertiary/aromatic N) is 1. The number of carbonyl (C=O) groups excluding carboxylic acids is 1. The van der Waals surface area contributed by atoms with Crippen LogP contribution in [0.5, 0.6) is 0 Å². The van der Waals surface area contributed by atoms with Crippen LogP contribution in [-0.2, 0) is 4.74 Å². The van der Waals surface area contributed by atoms with Gasteiger partial charge in [0.05, 0.1) is 0 Å². The lowest BCUT2D eigenvalue weighted by Crippen LogP contribution is -2.46. The van der Waals surface area contributed by atoms with Crippen molar-refractivity contribution in [1.29, 1.82) is 0 Å². The Kier molecular flexibility index (Phi) is 4.62. The van der Waals surface area contributed by atoms with E-state index in [0.717, 1.165) is 32.5 Å². The van der Waals surface area contributed by atoms with Crippen LogP contribution in [0.1, 0.15) is 59.8 Å². The Morgan fingerprint density at radius 1 is 1.35 bits per heavy atom. The van der Waals surface area contributed by atoms with Crippen LogP contribution < -0.4 is 5.32 Å². The van der Waals surface area contributed by atoms with Crippen LogP contribution in [0.3, 0.4) is 0 Å². The summed E-state index contributed by atoms with van der Waals surface area (Å²) in [5, 5.41) is 3.57. The van der Waals surface area contributed by atoms with E-state index in [1.165, 1.54) is 19.3 Å². The molecular weight excluding hydrogens is 252 g/mol. The molecule has 1 aliphatic heterocycles. The van der Waals surface area contributed by atoms with E-state index in [4.69, 9.17) is 4.74 Å². The van der Waals surface area contributed by atoms with Crippen molar-refractivity contribution >= 4 is 6.09 Å². The highest BCUT2D eigenvalue weighted by atomic mass is 16.6. The average molecular weight is 282 g/mol. The second kappa shape index (κ2) is 5.92. The number of hydrogen-bond acceptors (Lipinski definition) is 3. The first-order valence-corrected chi connectivity index (χ1v) is 7.99. The lowest BCUT2D eigenvalue weighted by Gasteiger charge is -2.39. The van der Waals surface area contributed by atoms with Crippen molar-refractivity contribution < 1.29 is 9.53 Å². The second-order valence-corrected chi connectivity index (χ2v) is 7.76. The molecule has 0 radical (unpaired) electrons.